The van der Waals surface area contributed by atoms with Crippen LogP contribution in [-0.2, 0) is 9.53 Å². The van der Waals surface area contributed by atoms with Gasteiger partial charge in [0.2, 0.25) is 0 Å². The summed E-state index contributed by atoms with van der Waals surface area (Å²) in [4.78, 5) is 24.7. The maximum atomic E-state index is 12.1. The molecule has 0 aliphatic carbocycles. The van der Waals surface area contributed by atoms with Gasteiger partial charge in [0.1, 0.15) is 22.8 Å². The number of hydrogen-bond acceptors (Lipinski definition) is 5. The van der Waals surface area contributed by atoms with Crippen molar-refractivity contribution in [2.24, 2.45) is 0 Å². The predicted octanol–water partition coefficient (Wildman–Crippen LogP) is 7.99. The van der Waals surface area contributed by atoms with E-state index in [4.69, 9.17) is 9.15 Å². The number of amides is 1. The van der Waals surface area contributed by atoms with E-state index in [2.05, 4.69) is 53.8 Å². The Morgan fingerprint density at radius 2 is 1.56 bits per heavy atom. The van der Waals surface area contributed by atoms with Crippen molar-refractivity contribution in [3.05, 3.63) is 91.0 Å². The third-order valence-corrected chi connectivity index (χ3v) is 7.26. The van der Waals surface area contributed by atoms with E-state index in [9.17, 15) is 14.7 Å². The molecular weight excluding hydrogens is 510 g/mol. The van der Waals surface area contributed by atoms with Crippen molar-refractivity contribution in [1.29, 1.82) is 0 Å². The van der Waals surface area contributed by atoms with Crippen LogP contribution < -0.4 is 5.32 Å². The van der Waals surface area contributed by atoms with Crippen LogP contribution in [0.5, 0.6) is 0 Å². The van der Waals surface area contributed by atoms with E-state index >= 15 is 0 Å². The lowest BCUT2D eigenvalue weighted by Gasteiger charge is -2.21. The third-order valence-electron chi connectivity index (χ3n) is 6.17. The van der Waals surface area contributed by atoms with E-state index in [1.54, 1.807) is 20.8 Å². The van der Waals surface area contributed by atoms with Crippen molar-refractivity contribution >= 4 is 45.8 Å². The Hall–Kier alpha value is -4.23. The highest BCUT2D eigenvalue weighted by Gasteiger charge is 2.24. The number of aliphatic carboxylic acids is 1. The highest BCUT2D eigenvalue weighted by molar-refractivity contribution is 7.99. The van der Waals surface area contributed by atoms with E-state index < -0.39 is 23.7 Å². The summed E-state index contributed by atoms with van der Waals surface area (Å²) in [5.74, 6) is -0.946. The molecule has 0 fully saturated rings. The van der Waals surface area contributed by atoms with Crippen LogP contribution in [0, 0.1) is 0 Å². The minimum Gasteiger partial charge on any atom is -0.480 e. The van der Waals surface area contributed by atoms with Crippen LogP contribution in [0.3, 0.4) is 0 Å². The second-order valence-electron chi connectivity index (χ2n) is 10.2. The lowest BCUT2D eigenvalue weighted by molar-refractivity contribution is -0.138. The Bertz CT molecular complexity index is 1650. The number of thioether (sulfide) groups is 1. The second-order valence-corrected chi connectivity index (χ2v) is 11.3. The van der Waals surface area contributed by atoms with Crippen molar-refractivity contribution in [2.75, 3.05) is 5.75 Å². The number of para-hydroxylation sites is 2. The molecule has 5 aromatic rings. The van der Waals surface area contributed by atoms with Gasteiger partial charge in [-0.15, -0.1) is 11.8 Å². The number of benzene rings is 4. The number of carboxylic acids is 1. The monoisotopic (exact) mass is 539 g/mol. The summed E-state index contributed by atoms with van der Waals surface area (Å²) >= 11 is 1.37. The van der Waals surface area contributed by atoms with Gasteiger partial charge < -0.3 is 19.6 Å². The van der Waals surface area contributed by atoms with Crippen molar-refractivity contribution in [1.82, 2.24) is 5.32 Å². The number of carboxylic acid groups (broad SMARTS) is 1. The van der Waals surface area contributed by atoms with E-state index in [1.165, 1.54) is 11.8 Å². The van der Waals surface area contributed by atoms with Gasteiger partial charge in [0.05, 0.1) is 0 Å². The second kappa shape index (κ2) is 10.9. The zero-order valence-electron chi connectivity index (χ0n) is 21.9. The van der Waals surface area contributed by atoms with Gasteiger partial charge in [0.25, 0.3) is 0 Å². The molecule has 6 nitrogen and oxygen atoms in total. The molecule has 0 aliphatic heterocycles. The molecule has 1 atom stereocenters. The highest BCUT2D eigenvalue weighted by atomic mass is 32.2. The summed E-state index contributed by atoms with van der Waals surface area (Å²) in [5, 5.41) is 14.2. The molecule has 0 radical (unpaired) electrons. The van der Waals surface area contributed by atoms with E-state index in [0.717, 1.165) is 49.1 Å². The number of carbonyl (C=O) groups excluding carboxylic acids is 1. The molecule has 1 unspecified atom stereocenters. The Kier molecular flexibility index (Phi) is 7.35. The van der Waals surface area contributed by atoms with Crippen LogP contribution in [0.25, 0.3) is 44.2 Å². The summed E-state index contributed by atoms with van der Waals surface area (Å²) in [6, 6.07) is 29.4. The largest absolute Gasteiger partial charge is 0.480 e. The molecule has 5 rings (SSSR count). The van der Waals surface area contributed by atoms with Crippen molar-refractivity contribution in [3.8, 4) is 22.3 Å². The molecule has 39 heavy (non-hydrogen) atoms. The topological polar surface area (TPSA) is 88.8 Å². The van der Waals surface area contributed by atoms with Crippen LogP contribution in [-0.4, -0.2) is 34.6 Å². The highest BCUT2D eigenvalue weighted by Crippen LogP contribution is 2.36. The van der Waals surface area contributed by atoms with E-state index in [-0.39, 0.29) is 5.75 Å². The SMILES string of the molecule is CC(C)(C)OC(=O)NC(CSc1cccc(-c2ccc(-c3cccc4c3oc3ccccc34)cc2)c1)C(=O)O. The summed E-state index contributed by atoms with van der Waals surface area (Å²) in [6.07, 6.45) is -0.748. The molecule has 0 spiro atoms. The lowest BCUT2D eigenvalue weighted by atomic mass is 9.99. The molecule has 0 saturated carbocycles. The maximum Gasteiger partial charge on any atom is 0.408 e. The first-order chi connectivity index (χ1) is 18.7. The van der Waals surface area contributed by atoms with Gasteiger partial charge in [-0.3, -0.25) is 0 Å². The molecule has 4 aromatic carbocycles. The molecular formula is C32H29NO5S. The van der Waals surface area contributed by atoms with Crippen LogP contribution in [0.4, 0.5) is 4.79 Å². The predicted molar refractivity (Wildman–Crippen MR) is 156 cm³/mol. The average molecular weight is 540 g/mol. The lowest BCUT2D eigenvalue weighted by Crippen LogP contribution is -2.44. The quantitative estimate of drug-likeness (QED) is 0.204. The first-order valence-electron chi connectivity index (χ1n) is 12.6. The number of rotatable bonds is 7. The van der Waals surface area contributed by atoms with E-state index in [1.807, 2.05) is 42.5 Å². The number of hydrogen-bond donors (Lipinski definition) is 2. The van der Waals surface area contributed by atoms with Crippen molar-refractivity contribution < 1.29 is 23.8 Å². The number of ether oxygens (including phenoxy) is 1. The summed E-state index contributed by atoms with van der Waals surface area (Å²) in [5.41, 5.74) is 5.20. The zero-order chi connectivity index (χ0) is 27.6. The molecule has 1 amide bonds. The van der Waals surface area contributed by atoms with Gasteiger partial charge in [0, 0.05) is 27.0 Å². The number of alkyl carbamates (subject to hydrolysis) is 1. The van der Waals surface area contributed by atoms with Crippen molar-refractivity contribution in [3.63, 3.8) is 0 Å². The molecule has 0 bridgehead atoms. The molecule has 7 heteroatoms. The fourth-order valence-electron chi connectivity index (χ4n) is 4.39. The van der Waals surface area contributed by atoms with Gasteiger partial charge in [-0.25, -0.2) is 9.59 Å². The number of fused-ring (bicyclic) bond motifs is 3. The molecule has 2 N–H and O–H groups in total. The number of nitrogens with one attached hydrogen (secondary N) is 1. The normalized spacial score (nSPS) is 12.4. The fourth-order valence-corrected chi connectivity index (χ4v) is 5.36. The first kappa shape index (κ1) is 26.4. The van der Waals surface area contributed by atoms with Crippen LogP contribution in [0.2, 0.25) is 0 Å². The van der Waals surface area contributed by atoms with Gasteiger partial charge in [-0.05, 0) is 55.7 Å². The van der Waals surface area contributed by atoms with Gasteiger partial charge in [0.15, 0.2) is 0 Å². The maximum absolute atomic E-state index is 12.1. The third kappa shape index (κ3) is 6.10. The standard InChI is InChI=1S/C32H29NO5S/c1-32(2,3)38-31(36)33-27(30(34)35)19-39-23-9-6-8-22(18-23)20-14-16-21(17-15-20)24-11-7-12-26-25-10-4-5-13-28(25)37-29(24)26/h4-18,27H,19H2,1-3H3,(H,33,36)(H,34,35). The Balaban J connectivity index is 1.32. The molecule has 1 aromatic heterocycles. The minimum absolute atomic E-state index is 0.165. The smallest absolute Gasteiger partial charge is 0.408 e. The zero-order valence-corrected chi connectivity index (χ0v) is 22.7. The summed E-state index contributed by atoms with van der Waals surface area (Å²) in [7, 11) is 0. The molecule has 0 aliphatic rings. The van der Waals surface area contributed by atoms with Crippen LogP contribution >= 0.6 is 11.8 Å². The fraction of sp³-hybridized carbons (Fsp3) is 0.188. The van der Waals surface area contributed by atoms with E-state index in [0.29, 0.717) is 0 Å². The molecule has 198 valence electrons. The number of carbonyl (C=O) groups is 2. The molecule has 1 heterocycles. The summed E-state index contributed by atoms with van der Waals surface area (Å²) in [6.45, 7) is 5.19. The first-order valence-corrected chi connectivity index (χ1v) is 13.6. The molecule has 0 saturated heterocycles. The Morgan fingerprint density at radius 1 is 0.872 bits per heavy atom. The summed E-state index contributed by atoms with van der Waals surface area (Å²) < 4.78 is 11.4. The Morgan fingerprint density at radius 3 is 2.31 bits per heavy atom. The Labute approximate surface area is 231 Å². The minimum atomic E-state index is -1.11. The average Bonchev–Trinajstić information content (AvgIpc) is 3.29. The van der Waals surface area contributed by atoms with Gasteiger partial charge in [-0.2, -0.15) is 0 Å². The van der Waals surface area contributed by atoms with Crippen LogP contribution in [0.15, 0.2) is 100 Å². The van der Waals surface area contributed by atoms with Gasteiger partial charge in [-0.1, -0.05) is 72.8 Å². The van der Waals surface area contributed by atoms with Gasteiger partial charge >= 0.3 is 12.1 Å². The number of furan rings is 1. The van der Waals surface area contributed by atoms with Crippen molar-refractivity contribution in [2.45, 2.75) is 37.3 Å². The van der Waals surface area contributed by atoms with Crippen LogP contribution in [0.1, 0.15) is 20.8 Å².